The summed E-state index contributed by atoms with van der Waals surface area (Å²) in [6.07, 6.45) is 2.05. The Balaban J connectivity index is 1.62. The third-order valence-corrected chi connectivity index (χ3v) is 7.60. The average molecular weight is 461 g/mol. The van der Waals surface area contributed by atoms with E-state index in [2.05, 4.69) is 26.0 Å². The molecule has 0 atom stereocenters. The highest BCUT2D eigenvalue weighted by molar-refractivity contribution is 7.18. The summed E-state index contributed by atoms with van der Waals surface area (Å²) < 4.78 is 9.26. The van der Waals surface area contributed by atoms with Crippen LogP contribution in [0.1, 0.15) is 35.4 Å². The zero-order valence-corrected chi connectivity index (χ0v) is 19.9. The molecule has 0 N–H and O–H groups in total. The van der Waals surface area contributed by atoms with Gasteiger partial charge in [0.2, 0.25) is 0 Å². The van der Waals surface area contributed by atoms with Crippen LogP contribution in [0.5, 0.6) is 0 Å². The van der Waals surface area contributed by atoms with E-state index < -0.39 is 0 Å². The lowest BCUT2D eigenvalue weighted by Crippen LogP contribution is -2.41. The van der Waals surface area contributed by atoms with Gasteiger partial charge in [0.1, 0.15) is 4.83 Å². The highest BCUT2D eigenvalue weighted by atomic mass is 32.1. The van der Waals surface area contributed by atoms with Crippen molar-refractivity contribution in [2.45, 2.75) is 58.4 Å². The van der Waals surface area contributed by atoms with E-state index in [1.165, 1.54) is 21.5 Å². The molecule has 5 rings (SSSR count). The summed E-state index contributed by atoms with van der Waals surface area (Å²) in [4.78, 5) is 29.1. The summed E-state index contributed by atoms with van der Waals surface area (Å²) in [7, 11) is 0. The van der Waals surface area contributed by atoms with E-state index in [0.29, 0.717) is 37.9 Å². The molecule has 6 heteroatoms. The standard InChI is InChI=1S/C27H28N2O3S/c1-27(2)17-21-22(18-32-27)33-25-23(21)24(30)28(15-13-19-9-5-3-6-10-19)26(31)29(25)16-14-20-11-7-4-8-12-20/h3-12H,13-18H2,1-2H3. The molecule has 0 saturated carbocycles. The Bertz CT molecular complexity index is 1400. The fourth-order valence-electron chi connectivity index (χ4n) is 4.57. The number of hydrogen-bond donors (Lipinski definition) is 0. The molecule has 0 saturated heterocycles. The van der Waals surface area contributed by atoms with Crippen LogP contribution in [0.15, 0.2) is 70.3 Å². The van der Waals surface area contributed by atoms with Gasteiger partial charge in [-0.15, -0.1) is 11.3 Å². The minimum atomic E-state index is -0.326. The molecule has 0 spiro atoms. The molecule has 0 bridgehead atoms. The van der Waals surface area contributed by atoms with Crippen molar-refractivity contribution in [1.82, 2.24) is 9.13 Å². The molecule has 1 aliphatic heterocycles. The van der Waals surface area contributed by atoms with Crippen molar-refractivity contribution in [2.24, 2.45) is 0 Å². The zero-order valence-electron chi connectivity index (χ0n) is 19.0. The predicted octanol–water partition coefficient (Wildman–Crippen LogP) is 4.56. The number of benzene rings is 2. The number of rotatable bonds is 6. The number of thiophene rings is 1. The molecule has 2 aromatic heterocycles. The largest absolute Gasteiger partial charge is 0.370 e. The molecular formula is C27H28N2O3S. The lowest BCUT2D eigenvalue weighted by Gasteiger charge is -2.29. The first kappa shape index (κ1) is 21.9. The number of aryl methyl sites for hydroxylation is 3. The second-order valence-corrected chi connectivity index (χ2v) is 10.4. The average Bonchev–Trinajstić information content (AvgIpc) is 3.17. The van der Waals surface area contributed by atoms with Crippen molar-refractivity contribution in [3.05, 3.63) is 103 Å². The van der Waals surface area contributed by atoms with Gasteiger partial charge in [-0.3, -0.25) is 13.9 Å². The summed E-state index contributed by atoms with van der Waals surface area (Å²) in [6, 6.07) is 20.2. The second-order valence-electron chi connectivity index (χ2n) is 9.27. The van der Waals surface area contributed by atoms with Crippen molar-refractivity contribution in [1.29, 1.82) is 0 Å². The zero-order chi connectivity index (χ0) is 23.0. The van der Waals surface area contributed by atoms with Crippen LogP contribution in [0.25, 0.3) is 10.2 Å². The fourth-order valence-corrected chi connectivity index (χ4v) is 5.81. The number of ether oxygens (including phenoxy) is 1. The summed E-state index contributed by atoms with van der Waals surface area (Å²) in [5.74, 6) is 0. The van der Waals surface area contributed by atoms with Gasteiger partial charge in [-0.25, -0.2) is 4.79 Å². The van der Waals surface area contributed by atoms with Gasteiger partial charge in [-0.05, 0) is 43.4 Å². The van der Waals surface area contributed by atoms with Crippen LogP contribution in [-0.4, -0.2) is 14.7 Å². The number of nitrogens with zero attached hydrogens (tertiary/aromatic N) is 2. The van der Waals surface area contributed by atoms with Gasteiger partial charge in [0.05, 0.1) is 17.6 Å². The normalized spacial score (nSPS) is 15.0. The van der Waals surface area contributed by atoms with Crippen molar-refractivity contribution < 1.29 is 4.74 Å². The number of fused-ring (bicyclic) bond motifs is 3. The SMILES string of the molecule is CC1(C)Cc2c(sc3c2c(=O)n(CCc2ccccc2)c(=O)n3CCc2ccccc2)CO1. The molecule has 2 aromatic carbocycles. The summed E-state index contributed by atoms with van der Waals surface area (Å²) in [5, 5.41) is 0.701. The Kier molecular flexibility index (Phi) is 5.81. The summed E-state index contributed by atoms with van der Waals surface area (Å²) in [6.45, 7) is 5.50. The molecule has 0 amide bonds. The van der Waals surface area contributed by atoms with E-state index in [9.17, 15) is 9.59 Å². The number of hydrogen-bond acceptors (Lipinski definition) is 4. The first-order valence-corrected chi connectivity index (χ1v) is 12.2. The first-order chi connectivity index (χ1) is 15.9. The first-order valence-electron chi connectivity index (χ1n) is 11.4. The fraction of sp³-hybridized carbons (Fsp3) is 0.333. The maximum Gasteiger partial charge on any atom is 0.332 e. The third-order valence-electron chi connectivity index (χ3n) is 6.37. The molecule has 33 heavy (non-hydrogen) atoms. The number of aromatic nitrogens is 2. The Hall–Kier alpha value is -2.96. The molecule has 0 radical (unpaired) electrons. The lowest BCUT2D eigenvalue weighted by molar-refractivity contribution is -0.0379. The summed E-state index contributed by atoms with van der Waals surface area (Å²) >= 11 is 1.54. The van der Waals surface area contributed by atoms with E-state index in [1.54, 1.807) is 0 Å². The van der Waals surface area contributed by atoms with E-state index in [1.807, 2.05) is 53.1 Å². The summed E-state index contributed by atoms with van der Waals surface area (Å²) in [5.41, 5.74) is 2.62. The van der Waals surface area contributed by atoms with Crippen molar-refractivity contribution in [3.8, 4) is 0 Å². The molecule has 3 heterocycles. The topological polar surface area (TPSA) is 53.2 Å². The van der Waals surface area contributed by atoms with Gasteiger partial charge in [0.25, 0.3) is 5.56 Å². The van der Waals surface area contributed by atoms with Gasteiger partial charge in [-0.2, -0.15) is 0 Å². The van der Waals surface area contributed by atoms with E-state index in [0.717, 1.165) is 27.3 Å². The van der Waals surface area contributed by atoms with Crippen molar-refractivity contribution in [3.63, 3.8) is 0 Å². The minimum Gasteiger partial charge on any atom is -0.370 e. The maximum atomic E-state index is 13.7. The lowest BCUT2D eigenvalue weighted by atomic mass is 9.94. The van der Waals surface area contributed by atoms with Crippen LogP contribution in [0.4, 0.5) is 0 Å². The van der Waals surface area contributed by atoms with E-state index >= 15 is 0 Å². The Labute approximate surface area is 196 Å². The van der Waals surface area contributed by atoms with E-state index in [4.69, 9.17) is 4.74 Å². The van der Waals surface area contributed by atoms with Crippen LogP contribution in [-0.2, 0) is 43.7 Å². The molecule has 170 valence electrons. The van der Waals surface area contributed by atoms with E-state index in [-0.39, 0.29) is 16.9 Å². The molecular weight excluding hydrogens is 432 g/mol. The van der Waals surface area contributed by atoms with Crippen LogP contribution < -0.4 is 11.2 Å². The Morgan fingerprint density at radius 1 is 0.879 bits per heavy atom. The monoisotopic (exact) mass is 460 g/mol. The van der Waals surface area contributed by atoms with Gasteiger partial charge in [0, 0.05) is 24.4 Å². The predicted molar refractivity (Wildman–Crippen MR) is 133 cm³/mol. The van der Waals surface area contributed by atoms with Crippen LogP contribution >= 0.6 is 11.3 Å². The molecule has 0 aliphatic carbocycles. The Morgan fingerprint density at radius 2 is 1.45 bits per heavy atom. The molecule has 1 aliphatic rings. The Morgan fingerprint density at radius 3 is 2.06 bits per heavy atom. The highest BCUT2D eigenvalue weighted by Crippen LogP contribution is 2.37. The quantitative estimate of drug-likeness (QED) is 0.424. The molecule has 4 aromatic rings. The second kappa shape index (κ2) is 8.76. The highest BCUT2D eigenvalue weighted by Gasteiger charge is 2.31. The van der Waals surface area contributed by atoms with Crippen molar-refractivity contribution >= 4 is 21.6 Å². The van der Waals surface area contributed by atoms with Gasteiger partial charge in [0.15, 0.2) is 0 Å². The van der Waals surface area contributed by atoms with Crippen LogP contribution in [0.3, 0.4) is 0 Å². The molecule has 0 unspecified atom stereocenters. The van der Waals surface area contributed by atoms with Crippen LogP contribution in [0, 0.1) is 0 Å². The van der Waals surface area contributed by atoms with Crippen molar-refractivity contribution in [2.75, 3.05) is 0 Å². The third kappa shape index (κ3) is 4.33. The van der Waals surface area contributed by atoms with Crippen LogP contribution in [0.2, 0.25) is 0 Å². The van der Waals surface area contributed by atoms with Gasteiger partial charge < -0.3 is 4.74 Å². The van der Waals surface area contributed by atoms with Gasteiger partial charge >= 0.3 is 5.69 Å². The maximum absolute atomic E-state index is 13.7. The molecule has 5 nitrogen and oxygen atoms in total. The minimum absolute atomic E-state index is 0.169. The smallest absolute Gasteiger partial charge is 0.332 e. The molecule has 0 fully saturated rings. The van der Waals surface area contributed by atoms with Gasteiger partial charge in [-0.1, -0.05) is 60.7 Å².